The SMILES string of the molecule is CC(C)SCC(=O)c1ccccc1C1CCC1. The van der Waals surface area contributed by atoms with Gasteiger partial charge in [-0.15, -0.1) is 0 Å². The molecule has 0 aliphatic heterocycles. The third-order valence-corrected chi connectivity index (χ3v) is 4.45. The fourth-order valence-corrected chi connectivity index (χ4v) is 2.79. The highest BCUT2D eigenvalue weighted by atomic mass is 32.2. The normalized spacial score (nSPS) is 15.9. The molecule has 0 saturated heterocycles. The van der Waals surface area contributed by atoms with Gasteiger partial charge in [-0.2, -0.15) is 11.8 Å². The molecule has 17 heavy (non-hydrogen) atoms. The minimum absolute atomic E-state index is 0.297. The molecule has 0 aromatic heterocycles. The van der Waals surface area contributed by atoms with E-state index in [1.165, 1.54) is 24.8 Å². The van der Waals surface area contributed by atoms with Crippen LogP contribution in [0, 0.1) is 0 Å². The van der Waals surface area contributed by atoms with Gasteiger partial charge in [0.2, 0.25) is 0 Å². The Morgan fingerprint density at radius 1 is 1.35 bits per heavy atom. The van der Waals surface area contributed by atoms with E-state index in [4.69, 9.17) is 0 Å². The Hall–Kier alpha value is -0.760. The standard InChI is InChI=1S/C15H20OS/c1-11(2)17-10-15(16)14-9-4-3-8-13(14)12-6-5-7-12/h3-4,8-9,11-12H,5-7,10H2,1-2H3. The fraction of sp³-hybridized carbons (Fsp3) is 0.533. The average Bonchev–Trinajstić information content (AvgIpc) is 2.24. The smallest absolute Gasteiger partial charge is 0.173 e. The van der Waals surface area contributed by atoms with Gasteiger partial charge in [0, 0.05) is 5.56 Å². The van der Waals surface area contributed by atoms with Gasteiger partial charge in [-0.3, -0.25) is 4.79 Å². The summed E-state index contributed by atoms with van der Waals surface area (Å²) in [6, 6.07) is 8.17. The Morgan fingerprint density at radius 3 is 2.65 bits per heavy atom. The molecule has 1 nitrogen and oxygen atoms in total. The monoisotopic (exact) mass is 248 g/mol. The number of ketones is 1. The van der Waals surface area contributed by atoms with Crippen LogP contribution in [0.5, 0.6) is 0 Å². The lowest BCUT2D eigenvalue weighted by Gasteiger charge is -2.27. The number of carbonyl (C=O) groups is 1. The fourth-order valence-electron chi connectivity index (χ4n) is 2.15. The largest absolute Gasteiger partial charge is 0.293 e. The lowest BCUT2D eigenvalue weighted by Crippen LogP contribution is -2.15. The van der Waals surface area contributed by atoms with Crippen molar-refractivity contribution in [1.82, 2.24) is 0 Å². The molecule has 92 valence electrons. The van der Waals surface area contributed by atoms with Crippen molar-refractivity contribution < 1.29 is 4.79 Å². The van der Waals surface area contributed by atoms with Gasteiger partial charge < -0.3 is 0 Å². The molecule has 0 bridgehead atoms. The lowest BCUT2D eigenvalue weighted by molar-refractivity contribution is 0.102. The first-order valence-electron chi connectivity index (χ1n) is 6.42. The van der Waals surface area contributed by atoms with Crippen molar-refractivity contribution in [3.63, 3.8) is 0 Å². The molecule has 0 spiro atoms. The Morgan fingerprint density at radius 2 is 2.06 bits per heavy atom. The quantitative estimate of drug-likeness (QED) is 0.723. The summed E-state index contributed by atoms with van der Waals surface area (Å²) in [4.78, 5) is 12.2. The van der Waals surface area contributed by atoms with Crippen molar-refractivity contribution in [2.75, 3.05) is 5.75 Å². The zero-order valence-corrected chi connectivity index (χ0v) is 11.4. The van der Waals surface area contributed by atoms with E-state index in [-0.39, 0.29) is 0 Å². The van der Waals surface area contributed by atoms with Gasteiger partial charge in [0.25, 0.3) is 0 Å². The molecular weight excluding hydrogens is 228 g/mol. The van der Waals surface area contributed by atoms with Crippen molar-refractivity contribution in [2.24, 2.45) is 0 Å². The van der Waals surface area contributed by atoms with Crippen molar-refractivity contribution in [3.8, 4) is 0 Å². The summed E-state index contributed by atoms with van der Waals surface area (Å²) < 4.78 is 0. The van der Waals surface area contributed by atoms with Crippen molar-refractivity contribution >= 4 is 17.5 Å². The van der Waals surface area contributed by atoms with Gasteiger partial charge in [0.15, 0.2) is 5.78 Å². The van der Waals surface area contributed by atoms with Crippen LogP contribution in [-0.2, 0) is 0 Å². The topological polar surface area (TPSA) is 17.1 Å². The second-order valence-corrected chi connectivity index (χ2v) is 6.56. The minimum atomic E-state index is 0.297. The first-order chi connectivity index (χ1) is 8.18. The second kappa shape index (κ2) is 5.72. The van der Waals surface area contributed by atoms with Crippen molar-refractivity contribution in [3.05, 3.63) is 35.4 Å². The molecule has 2 rings (SSSR count). The molecule has 0 atom stereocenters. The molecule has 0 N–H and O–H groups in total. The highest BCUT2D eigenvalue weighted by molar-refractivity contribution is 8.00. The summed E-state index contributed by atoms with van der Waals surface area (Å²) in [5.74, 6) is 1.55. The number of rotatable bonds is 5. The van der Waals surface area contributed by atoms with Crippen molar-refractivity contribution in [1.29, 1.82) is 0 Å². The van der Waals surface area contributed by atoms with Gasteiger partial charge in [-0.1, -0.05) is 44.5 Å². The average molecular weight is 248 g/mol. The maximum atomic E-state index is 12.2. The summed E-state index contributed by atoms with van der Waals surface area (Å²) in [6.07, 6.45) is 3.82. The predicted molar refractivity (Wildman–Crippen MR) is 75.0 cm³/mol. The number of hydrogen-bond donors (Lipinski definition) is 0. The third-order valence-electron chi connectivity index (χ3n) is 3.35. The first kappa shape index (κ1) is 12.7. The molecule has 0 unspecified atom stereocenters. The summed E-state index contributed by atoms with van der Waals surface area (Å²) in [5.41, 5.74) is 2.25. The summed E-state index contributed by atoms with van der Waals surface area (Å²) in [5, 5.41) is 0.523. The maximum Gasteiger partial charge on any atom is 0.173 e. The highest BCUT2D eigenvalue weighted by Gasteiger charge is 2.23. The van der Waals surface area contributed by atoms with Crippen LogP contribution in [-0.4, -0.2) is 16.8 Å². The van der Waals surface area contributed by atoms with E-state index in [9.17, 15) is 4.79 Å². The molecule has 1 saturated carbocycles. The molecule has 1 fully saturated rings. The maximum absolute atomic E-state index is 12.2. The Kier molecular flexibility index (Phi) is 4.27. The summed E-state index contributed by atoms with van der Waals surface area (Å²) in [7, 11) is 0. The van der Waals surface area contributed by atoms with Crippen LogP contribution in [0.4, 0.5) is 0 Å². The van der Waals surface area contributed by atoms with Crippen LogP contribution >= 0.6 is 11.8 Å². The lowest BCUT2D eigenvalue weighted by atomic mass is 9.78. The molecular formula is C15H20OS. The molecule has 1 aromatic rings. The van der Waals surface area contributed by atoms with Gasteiger partial charge >= 0.3 is 0 Å². The molecule has 0 amide bonds. The van der Waals surface area contributed by atoms with Crippen LogP contribution < -0.4 is 0 Å². The van der Waals surface area contributed by atoms with E-state index in [1.54, 1.807) is 11.8 Å². The second-order valence-electron chi connectivity index (χ2n) is 5.00. The van der Waals surface area contributed by atoms with E-state index in [2.05, 4.69) is 26.0 Å². The van der Waals surface area contributed by atoms with Crippen LogP contribution in [0.15, 0.2) is 24.3 Å². The molecule has 0 heterocycles. The summed E-state index contributed by atoms with van der Waals surface area (Å²) in [6.45, 7) is 4.27. The third kappa shape index (κ3) is 3.12. The van der Waals surface area contributed by atoms with Gasteiger partial charge in [0.1, 0.15) is 0 Å². The van der Waals surface area contributed by atoms with E-state index in [0.717, 1.165) is 5.56 Å². The Bertz CT molecular complexity index is 394. The zero-order chi connectivity index (χ0) is 12.3. The van der Waals surface area contributed by atoms with Crippen molar-refractivity contribution in [2.45, 2.75) is 44.3 Å². The van der Waals surface area contributed by atoms with Gasteiger partial charge in [-0.25, -0.2) is 0 Å². The number of thioether (sulfide) groups is 1. The van der Waals surface area contributed by atoms with E-state index in [0.29, 0.717) is 22.7 Å². The highest BCUT2D eigenvalue weighted by Crippen LogP contribution is 2.38. The number of carbonyl (C=O) groups excluding carboxylic acids is 1. The van der Waals surface area contributed by atoms with Crippen LogP contribution in [0.2, 0.25) is 0 Å². The van der Waals surface area contributed by atoms with E-state index in [1.807, 2.05) is 12.1 Å². The number of benzene rings is 1. The van der Waals surface area contributed by atoms with Gasteiger partial charge in [0.05, 0.1) is 5.75 Å². The number of hydrogen-bond acceptors (Lipinski definition) is 2. The van der Waals surface area contributed by atoms with E-state index < -0.39 is 0 Å². The Labute approximate surface area is 108 Å². The predicted octanol–water partition coefficient (Wildman–Crippen LogP) is 4.28. The van der Waals surface area contributed by atoms with Crippen LogP contribution in [0.25, 0.3) is 0 Å². The first-order valence-corrected chi connectivity index (χ1v) is 7.47. The minimum Gasteiger partial charge on any atom is -0.293 e. The van der Waals surface area contributed by atoms with Gasteiger partial charge in [-0.05, 0) is 29.6 Å². The molecule has 1 aromatic carbocycles. The molecule has 1 aliphatic carbocycles. The summed E-state index contributed by atoms with van der Waals surface area (Å²) >= 11 is 1.73. The molecule has 1 aliphatic rings. The van der Waals surface area contributed by atoms with Crippen LogP contribution in [0.3, 0.4) is 0 Å². The Balaban J connectivity index is 2.10. The van der Waals surface area contributed by atoms with E-state index >= 15 is 0 Å². The number of Topliss-reactive ketones (excluding diaryl/α,β-unsaturated/α-hetero) is 1. The van der Waals surface area contributed by atoms with Crippen LogP contribution in [0.1, 0.15) is 54.9 Å². The molecule has 2 heteroatoms. The zero-order valence-electron chi connectivity index (χ0n) is 10.6. The molecule has 0 radical (unpaired) electrons.